The number of alkyl halides is 3. The number of hydrogen-bond donors (Lipinski definition) is 2. The highest BCUT2D eigenvalue weighted by Gasteiger charge is 2.34. The quantitative estimate of drug-likeness (QED) is 0.191. The van der Waals surface area contributed by atoms with E-state index in [9.17, 15) is 26.4 Å². The van der Waals surface area contributed by atoms with E-state index >= 15 is 0 Å². The minimum absolute atomic E-state index is 0.1000. The van der Waals surface area contributed by atoms with Crippen LogP contribution in [0.2, 0.25) is 0 Å². The van der Waals surface area contributed by atoms with Crippen LogP contribution in [-0.4, -0.2) is 73.7 Å². The molecule has 5 aromatic rings. The number of nitrogens with zero attached hydrogens (tertiary/aromatic N) is 4. The van der Waals surface area contributed by atoms with Gasteiger partial charge in [-0.15, -0.1) is 13.2 Å². The van der Waals surface area contributed by atoms with Crippen LogP contribution in [0.15, 0.2) is 96.2 Å². The van der Waals surface area contributed by atoms with Gasteiger partial charge in [0.15, 0.2) is 5.75 Å². The molecule has 0 radical (unpaired) electrons. The van der Waals surface area contributed by atoms with Gasteiger partial charge in [-0.1, -0.05) is 24.3 Å². The third-order valence-corrected chi connectivity index (χ3v) is 9.44. The summed E-state index contributed by atoms with van der Waals surface area (Å²) in [6.45, 7) is 2.09. The van der Waals surface area contributed by atoms with Crippen molar-refractivity contribution in [3.63, 3.8) is 0 Å². The third kappa shape index (κ3) is 7.52. The first-order valence-corrected chi connectivity index (χ1v) is 16.6. The monoisotopic (exact) mass is 692 g/mol. The number of carbonyl (C=O) groups is 1. The Hall–Kier alpha value is -5.41. The molecule has 0 unspecified atom stereocenters. The molecular formula is C34H31F3N6O5S. The Morgan fingerprint density at radius 3 is 2.39 bits per heavy atom. The van der Waals surface area contributed by atoms with Crippen molar-refractivity contribution in [2.45, 2.75) is 17.8 Å². The van der Waals surface area contributed by atoms with E-state index in [1.165, 1.54) is 29.2 Å². The van der Waals surface area contributed by atoms with Gasteiger partial charge in [-0.25, -0.2) is 8.42 Å². The highest BCUT2D eigenvalue weighted by Crippen LogP contribution is 2.37. The smallest absolute Gasteiger partial charge is 0.495 e. The van der Waals surface area contributed by atoms with E-state index < -0.39 is 33.7 Å². The third-order valence-electron chi connectivity index (χ3n) is 8.02. The van der Waals surface area contributed by atoms with Gasteiger partial charge < -0.3 is 20.1 Å². The summed E-state index contributed by atoms with van der Waals surface area (Å²) < 4.78 is 80.2. The Kier molecular flexibility index (Phi) is 9.30. The molecule has 3 N–H and O–H groups in total. The number of ether oxygens (including phenoxy) is 2. The minimum atomic E-state index is -5.18. The van der Waals surface area contributed by atoms with Crippen LogP contribution in [0.25, 0.3) is 22.0 Å². The highest BCUT2D eigenvalue weighted by molar-refractivity contribution is 7.92. The topological polar surface area (TPSA) is 140 Å². The number of amides is 1. The fourth-order valence-electron chi connectivity index (χ4n) is 5.69. The Balaban J connectivity index is 1.25. The van der Waals surface area contributed by atoms with Gasteiger partial charge in [-0.3, -0.25) is 24.4 Å². The largest absolute Gasteiger partial charge is 0.573 e. The molecule has 1 fully saturated rings. The van der Waals surface area contributed by atoms with Crippen molar-refractivity contribution in [2.75, 3.05) is 43.7 Å². The number of fused-ring (bicyclic) bond motifs is 1. The number of pyridine rings is 2. The number of nitrogen functional groups attached to an aromatic ring is 1. The van der Waals surface area contributed by atoms with Crippen LogP contribution in [0.3, 0.4) is 0 Å². The number of aromatic nitrogens is 2. The second-order valence-electron chi connectivity index (χ2n) is 11.2. The number of rotatable bonds is 9. The van der Waals surface area contributed by atoms with Crippen molar-refractivity contribution >= 4 is 38.2 Å². The van der Waals surface area contributed by atoms with Gasteiger partial charge >= 0.3 is 6.36 Å². The number of nitrogens with two attached hydrogens (primary N) is 1. The Bertz CT molecular complexity index is 2120. The summed E-state index contributed by atoms with van der Waals surface area (Å²) in [5, 5.41) is 0.745. The van der Waals surface area contributed by atoms with E-state index in [-0.39, 0.29) is 21.7 Å². The minimum Gasteiger partial charge on any atom is -0.495 e. The molecule has 49 heavy (non-hydrogen) atoms. The second kappa shape index (κ2) is 13.6. The molecule has 11 nitrogen and oxygen atoms in total. The number of sulfonamides is 1. The van der Waals surface area contributed by atoms with Crippen LogP contribution in [0.5, 0.6) is 11.5 Å². The maximum atomic E-state index is 13.8. The fourth-order valence-corrected chi connectivity index (χ4v) is 6.97. The second-order valence-corrected chi connectivity index (χ2v) is 12.9. The number of piperazine rings is 1. The summed E-state index contributed by atoms with van der Waals surface area (Å²) in [5.74, 6) is -0.764. The Morgan fingerprint density at radius 1 is 0.898 bits per heavy atom. The molecule has 3 aromatic carbocycles. The lowest BCUT2D eigenvalue weighted by Gasteiger charge is -2.34. The normalized spacial score (nSPS) is 14.1. The number of nitrogens with one attached hydrogen (secondary N) is 1. The molecule has 3 heterocycles. The number of para-hydroxylation sites is 1. The lowest BCUT2D eigenvalue weighted by Crippen LogP contribution is -2.48. The van der Waals surface area contributed by atoms with Gasteiger partial charge in [-0.05, 0) is 54.6 Å². The maximum Gasteiger partial charge on any atom is 0.573 e. The number of hydrogen-bond acceptors (Lipinski definition) is 9. The summed E-state index contributed by atoms with van der Waals surface area (Å²) in [4.78, 5) is 25.5. The SMILES string of the molecule is COc1cccnc1CN1CCN(C(=O)c2ccc(NS(=O)(=O)c3ccc(N)cc3-c3cccc4cccnc34)c(OC(F)(F)F)c2)CC1. The van der Waals surface area contributed by atoms with Crippen molar-refractivity contribution in [3.8, 4) is 22.6 Å². The summed E-state index contributed by atoms with van der Waals surface area (Å²) in [6.07, 6.45) is -1.95. The van der Waals surface area contributed by atoms with Gasteiger partial charge in [0.1, 0.15) is 5.75 Å². The van der Waals surface area contributed by atoms with Gasteiger partial charge in [0.05, 0.1) is 28.9 Å². The number of methoxy groups -OCH3 is 1. The highest BCUT2D eigenvalue weighted by atomic mass is 32.2. The molecule has 1 saturated heterocycles. The molecule has 1 aliphatic heterocycles. The lowest BCUT2D eigenvalue weighted by atomic mass is 10.0. The first-order chi connectivity index (χ1) is 23.4. The number of anilines is 2. The molecule has 1 amide bonds. The molecule has 0 bridgehead atoms. The van der Waals surface area contributed by atoms with Crippen molar-refractivity contribution in [1.82, 2.24) is 19.8 Å². The van der Waals surface area contributed by atoms with Crippen LogP contribution in [0, 0.1) is 0 Å². The summed E-state index contributed by atoms with van der Waals surface area (Å²) >= 11 is 0. The van der Waals surface area contributed by atoms with Crippen LogP contribution in [0.1, 0.15) is 16.1 Å². The number of benzene rings is 3. The molecule has 0 atom stereocenters. The van der Waals surface area contributed by atoms with Crippen LogP contribution >= 0.6 is 0 Å². The average molecular weight is 693 g/mol. The molecule has 1 aliphatic rings. The number of halogens is 3. The van der Waals surface area contributed by atoms with Crippen LogP contribution < -0.4 is 19.9 Å². The van der Waals surface area contributed by atoms with E-state index in [4.69, 9.17) is 10.5 Å². The number of carbonyl (C=O) groups excluding carboxylic acids is 1. The maximum absolute atomic E-state index is 13.8. The molecule has 15 heteroatoms. The first kappa shape index (κ1) is 33.5. The first-order valence-electron chi connectivity index (χ1n) is 15.1. The summed E-state index contributed by atoms with van der Waals surface area (Å²) in [6, 6.07) is 19.7. The van der Waals surface area contributed by atoms with E-state index in [0.29, 0.717) is 49.6 Å². The average Bonchev–Trinajstić information content (AvgIpc) is 3.08. The zero-order valence-electron chi connectivity index (χ0n) is 26.1. The predicted octanol–water partition coefficient (Wildman–Crippen LogP) is 5.55. The van der Waals surface area contributed by atoms with Crippen molar-refractivity contribution in [1.29, 1.82) is 0 Å². The zero-order chi connectivity index (χ0) is 34.8. The molecule has 2 aromatic heterocycles. The lowest BCUT2D eigenvalue weighted by molar-refractivity contribution is -0.274. The van der Waals surface area contributed by atoms with Crippen LogP contribution in [0.4, 0.5) is 24.5 Å². The standard InChI is InChI=1S/C34H31F3N6O5S/c1-47-29-8-4-13-39-28(29)21-42-15-17-43(18-16-42)33(44)23-9-11-27(30(19-23)48-34(35,36)37)41-49(45,46)31-12-10-24(38)20-26(31)25-7-2-5-22-6-3-14-40-32(22)25/h2-14,19-20,41H,15-18,21,38H2,1H3. The van der Waals surface area contributed by atoms with Gasteiger partial charge in [0, 0.05) is 72.9 Å². The molecule has 6 rings (SSSR count). The van der Waals surface area contributed by atoms with E-state index in [1.54, 1.807) is 43.8 Å². The molecular weight excluding hydrogens is 661 g/mol. The van der Waals surface area contributed by atoms with Crippen molar-refractivity contribution < 1.29 is 35.9 Å². The zero-order valence-corrected chi connectivity index (χ0v) is 27.0. The summed E-state index contributed by atoms with van der Waals surface area (Å²) in [5.41, 5.74) is 7.59. The predicted molar refractivity (Wildman–Crippen MR) is 177 cm³/mol. The van der Waals surface area contributed by atoms with Crippen LogP contribution in [-0.2, 0) is 16.6 Å². The Labute approximate surface area is 280 Å². The molecule has 0 saturated carbocycles. The van der Waals surface area contributed by atoms with Gasteiger partial charge in [0.2, 0.25) is 0 Å². The molecule has 0 aliphatic carbocycles. The van der Waals surface area contributed by atoms with Crippen molar-refractivity contribution in [2.24, 2.45) is 0 Å². The van der Waals surface area contributed by atoms with Gasteiger partial charge in [-0.2, -0.15) is 0 Å². The van der Waals surface area contributed by atoms with Gasteiger partial charge in [0.25, 0.3) is 15.9 Å². The Morgan fingerprint density at radius 2 is 1.63 bits per heavy atom. The summed E-state index contributed by atoms with van der Waals surface area (Å²) in [7, 11) is -2.98. The molecule has 0 spiro atoms. The van der Waals surface area contributed by atoms with E-state index in [1.807, 2.05) is 18.2 Å². The molecule has 254 valence electrons. The van der Waals surface area contributed by atoms with E-state index in [2.05, 4.69) is 24.3 Å². The fraction of sp³-hybridized carbons (Fsp3) is 0.206. The van der Waals surface area contributed by atoms with Crippen molar-refractivity contribution in [3.05, 3.63) is 103 Å². The van der Waals surface area contributed by atoms with E-state index in [0.717, 1.165) is 23.2 Å².